The second kappa shape index (κ2) is 7.40. The third-order valence-electron chi connectivity index (χ3n) is 3.27. The smallest absolute Gasteiger partial charge is 0.262 e. The van der Waals surface area contributed by atoms with Gasteiger partial charge in [-0.1, -0.05) is 6.07 Å². The van der Waals surface area contributed by atoms with E-state index in [2.05, 4.69) is 31.2 Å². The molecule has 5 nitrogen and oxygen atoms in total. The lowest BCUT2D eigenvalue weighted by Crippen LogP contribution is -2.14. The number of aryl methyl sites for hydroxylation is 1. The van der Waals surface area contributed by atoms with Gasteiger partial charge in [0.1, 0.15) is 22.9 Å². The summed E-state index contributed by atoms with van der Waals surface area (Å²) in [5.41, 5.74) is 1.23. The predicted octanol–water partition coefficient (Wildman–Crippen LogP) is 4.73. The number of nitrogens with one attached hydrogen (secondary N) is 1. The first kappa shape index (κ1) is 17.0. The molecule has 2 heterocycles. The van der Waals surface area contributed by atoms with E-state index in [1.54, 1.807) is 24.4 Å². The van der Waals surface area contributed by atoms with Crippen molar-refractivity contribution < 1.29 is 13.9 Å². The summed E-state index contributed by atoms with van der Waals surface area (Å²) in [7, 11) is 0. The van der Waals surface area contributed by atoms with Crippen LogP contribution in [0, 0.1) is 12.7 Å². The van der Waals surface area contributed by atoms with Crippen LogP contribution in [0.2, 0.25) is 0 Å². The maximum Gasteiger partial charge on any atom is 0.262 e. The van der Waals surface area contributed by atoms with Crippen molar-refractivity contribution in [2.24, 2.45) is 0 Å². The molecule has 0 saturated heterocycles. The van der Waals surface area contributed by atoms with Crippen molar-refractivity contribution >= 4 is 27.7 Å². The number of halogens is 2. The molecule has 0 saturated carbocycles. The highest BCUT2D eigenvalue weighted by atomic mass is 79.9. The summed E-state index contributed by atoms with van der Waals surface area (Å²) in [4.78, 5) is 20.7. The molecule has 1 aromatic carbocycles. The minimum atomic E-state index is -0.405. The number of anilines is 1. The average Bonchev–Trinajstić information content (AvgIpc) is 2.60. The first-order valence-corrected chi connectivity index (χ1v) is 8.14. The van der Waals surface area contributed by atoms with Gasteiger partial charge in [-0.25, -0.2) is 14.4 Å². The number of pyridine rings is 2. The Labute approximate surface area is 152 Å². The summed E-state index contributed by atoms with van der Waals surface area (Å²) in [5, 5.41) is 2.69. The highest BCUT2D eigenvalue weighted by Crippen LogP contribution is 2.31. The number of hydrogen-bond acceptors (Lipinski definition) is 4. The normalized spacial score (nSPS) is 10.4. The van der Waals surface area contributed by atoms with E-state index in [1.807, 2.05) is 13.0 Å². The molecule has 0 aliphatic rings. The van der Waals surface area contributed by atoms with Crippen LogP contribution in [0.1, 0.15) is 15.9 Å². The maximum atomic E-state index is 13.2. The molecule has 0 radical (unpaired) electrons. The predicted molar refractivity (Wildman–Crippen MR) is 95.3 cm³/mol. The molecule has 0 aliphatic heterocycles. The Morgan fingerprint density at radius 3 is 2.76 bits per heavy atom. The van der Waals surface area contributed by atoms with E-state index < -0.39 is 11.7 Å². The van der Waals surface area contributed by atoms with Crippen LogP contribution < -0.4 is 10.1 Å². The first-order chi connectivity index (χ1) is 12.0. The standard InChI is InChI=1S/C18H13BrFN3O2/c1-11-4-7-16(22-10-11)23-17(24)13-3-2-8-21-18(13)25-15-6-5-12(20)9-14(15)19/h2-10H,1H3,(H,22,23,24). The molecule has 1 N–H and O–H groups in total. The summed E-state index contributed by atoms with van der Waals surface area (Å²) in [6, 6.07) is 10.8. The van der Waals surface area contributed by atoms with E-state index in [0.29, 0.717) is 16.0 Å². The Kier molecular flexibility index (Phi) is 5.04. The van der Waals surface area contributed by atoms with Gasteiger partial charge in [-0.2, -0.15) is 0 Å². The van der Waals surface area contributed by atoms with Gasteiger partial charge < -0.3 is 10.1 Å². The molecule has 0 aliphatic carbocycles. The van der Waals surface area contributed by atoms with Crippen LogP contribution in [0.5, 0.6) is 11.6 Å². The number of benzene rings is 1. The fourth-order valence-corrected chi connectivity index (χ4v) is 2.46. The molecule has 0 atom stereocenters. The third-order valence-corrected chi connectivity index (χ3v) is 3.89. The van der Waals surface area contributed by atoms with Gasteiger partial charge in [0.25, 0.3) is 5.91 Å². The molecule has 126 valence electrons. The minimum Gasteiger partial charge on any atom is -0.437 e. The lowest BCUT2D eigenvalue weighted by molar-refractivity contribution is 0.102. The van der Waals surface area contributed by atoms with Crippen LogP contribution in [0.3, 0.4) is 0 Å². The number of nitrogens with zero attached hydrogens (tertiary/aromatic N) is 2. The van der Waals surface area contributed by atoms with E-state index in [4.69, 9.17) is 4.74 Å². The van der Waals surface area contributed by atoms with E-state index in [0.717, 1.165) is 5.56 Å². The maximum absolute atomic E-state index is 13.2. The van der Waals surface area contributed by atoms with Crippen LogP contribution in [0.4, 0.5) is 10.2 Å². The Bertz CT molecular complexity index is 916. The molecule has 1 amide bonds. The van der Waals surface area contributed by atoms with Crippen LogP contribution in [0.15, 0.2) is 59.3 Å². The molecule has 3 rings (SSSR count). The zero-order valence-corrected chi connectivity index (χ0v) is 14.7. The quantitative estimate of drug-likeness (QED) is 0.685. The molecular weight excluding hydrogens is 389 g/mol. The van der Waals surface area contributed by atoms with Gasteiger partial charge in [0, 0.05) is 12.4 Å². The molecule has 0 unspecified atom stereocenters. The first-order valence-electron chi connectivity index (χ1n) is 7.35. The zero-order valence-electron chi connectivity index (χ0n) is 13.2. The number of aromatic nitrogens is 2. The number of carbonyl (C=O) groups is 1. The molecule has 3 aromatic rings. The highest BCUT2D eigenvalue weighted by molar-refractivity contribution is 9.10. The third kappa shape index (κ3) is 4.19. The van der Waals surface area contributed by atoms with E-state index >= 15 is 0 Å². The lowest BCUT2D eigenvalue weighted by Gasteiger charge is -2.11. The second-order valence-corrected chi connectivity index (χ2v) is 6.06. The largest absolute Gasteiger partial charge is 0.437 e. The van der Waals surface area contributed by atoms with Gasteiger partial charge in [-0.05, 0) is 64.8 Å². The van der Waals surface area contributed by atoms with Crippen LogP contribution in [0.25, 0.3) is 0 Å². The minimum absolute atomic E-state index is 0.111. The summed E-state index contributed by atoms with van der Waals surface area (Å²) < 4.78 is 19.3. The average molecular weight is 402 g/mol. The van der Waals surface area contributed by atoms with Crippen molar-refractivity contribution in [2.45, 2.75) is 6.92 Å². The Hall–Kier alpha value is -2.80. The van der Waals surface area contributed by atoms with E-state index in [1.165, 1.54) is 24.4 Å². The van der Waals surface area contributed by atoms with Gasteiger partial charge >= 0.3 is 0 Å². The van der Waals surface area contributed by atoms with Gasteiger partial charge in [0.2, 0.25) is 5.88 Å². The second-order valence-electron chi connectivity index (χ2n) is 5.21. The molecule has 0 spiro atoms. The molecular formula is C18H13BrFN3O2. The fourth-order valence-electron chi connectivity index (χ4n) is 2.03. The van der Waals surface area contributed by atoms with Crippen LogP contribution in [-0.4, -0.2) is 15.9 Å². The van der Waals surface area contributed by atoms with Gasteiger partial charge in [-0.3, -0.25) is 4.79 Å². The number of ether oxygens (including phenoxy) is 1. The molecule has 25 heavy (non-hydrogen) atoms. The van der Waals surface area contributed by atoms with E-state index in [9.17, 15) is 9.18 Å². The molecule has 0 fully saturated rings. The molecule has 0 bridgehead atoms. The van der Waals surface area contributed by atoms with Gasteiger partial charge in [0.05, 0.1) is 4.47 Å². The number of amides is 1. The zero-order chi connectivity index (χ0) is 17.8. The number of hydrogen-bond donors (Lipinski definition) is 1. The van der Waals surface area contributed by atoms with Crippen molar-refractivity contribution in [1.29, 1.82) is 0 Å². The Balaban J connectivity index is 1.85. The van der Waals surface area contributed by atoms with Crippen molar-refractivity contribution in [3.05, 3.63) is 76.3 Å². The monoisotopic (exact) mass is 401 g/mol. The molecule has 7 heteroatoms. The van der Waals surface area contributed by atoms with Crippen LogP contribution in [-0.2, 0) is 0 Å². The number of rotatable bonds is 4. The van der Waals surface area contributed by atoms with Crippen molar-refractivity contribution in [3.8, 4) is 11.6 Å². The fraction of sp³-hybridized carbons (Fsp3) is 0.0556. The van der Waals surface area contributed by atoms with E-state index in [-0.39, 0.29) is 11.4 Å². The lowest BCUT2D eigenvalue weighted by atomic mass is 10.2. The Morgan fingerprint density at radius 1 is 1.20 bits per heavy atom. The van der Waals surface area contributed by atoms with Crippen molar-refractivity contribution in [3.63, 3.8) is 0 Å². The summed E-state index contributed by atoms with van der Waals surface area (Å²) in [6.45, 7) is 1.91. The van der Waals surface area contributed by atoms with Crippen LogP contribution >= 0.6 is 15.9 Å². The highest BCUT2D eigenvalue weighted by Gasteiger charge is 2.16. The Morgan fingerprint density at radius 2 is 2.04 bits per heavy atom. The topological polar surface area (TPSA) is 64.1 Å². The molecule has 2 aromatic heterocycles. The van der Waals surface area contributed by atoms with Gasteiger partial charge in [0.15, 0.2) is 0 Å². The van der Waals surface area contributed by atoms with Crippen molar-refractivity contribution in [2.75, 3.05) is 5.32 Å². The summed E-state index contributed by atoms with van der Waals surface area (Å²) in [5.74, 6) is 0.0803. The van der Waals surface area contributed by atoms with Crippen molar-refractivity contribution in [1.82, 2.24) is 9.97 Å². The van der Waals surface area contributed by atoms with Gasteiger partial charge in [-0.15, -0.1) is 0 Å². The number of carbonyl (C=O) groups excluding carboxylic acids is 1. The SMILES string of the molecule is Cc1ccc(NC(=O)c2cccnc2Oc2ccc(F)cc2Br)nc1. The summed E-state index contributed by atoms with van der Waals surface area (Å²) in [6.07, 6.45) is 3.17. The summed E-state index contributed by atoms with van der Waals surface area (Å²) >= 11 is 3.22.